The fourth-order valence-corrected chi connectivity index (χ4v) is 6.00. The molecule has 2 aliphatic carbocycles. The van der Waals surface area contributed by atoms with Gasteiger partial charge in [-0.15, -0.1) is 11.3 Å². The summed E-state index contributed by atoms with van der Waals surface area (Å²) < 4.78 is 1.44. The molecular formula is C16H24ClNS2. The van der Waals surface area contributed by atoms with Crippen LogP contribution in [0.25, 0.3) is 0 Å². The predicted octanol–water partition coefficient (Wildman–Crippen LogP) is 5.43. The second kappa shape index (κ2) is 6.60. The molecule has 1 fully saturated rings. The summed E-state index contributed by atoms with van der Waals surface area (Å²) in [5, 5.41) is 3.88. The Hall–Kier alpha value is 0.300. The summed E-state index contributed by atoms with van der Waals surface area (Å²) in [5.74, 6) is 0. The normalized spacial score (nSPS) is 25.4. The lowest BCUT2D eigenvalue weighted by Gasteiger charge is -2.38. The largest absolute Gasteiger partial charge is 0.309 e. The van der Waals surface area contributed by atoms with Gasteiger partial charge in [-0.3, -0.25) is 0 Å². The van der Waals surface area contributed by atoms with E-state index in [9.17, 15) is 0 Å². The van der Waals surface area contributed by atoms with Crippen LogP contribution in [-0.4, -0.2) is 17.5 Å². The van der Waals surface area contributed by atoms with E-state index in [2.05, 4.69) is 29.4 Å². The summed E-state index contributed by atoms with van der Waals surface area (Å²) in [7, 11) is 0. The molecule has 1 aromatic heterocycles. The van der Waals surface area contributed by atoms with Crippen molar-refractivity contribution in [2.75, 3.05) is 12.8 Å². The molecule has 1 nitrogen and oxygen atoms in total. The molecule has 0 aliphatic heterocycles. The van der Waals surface area contributed by atoms with E-state index in [1.807, 2.05) is 0 Å². The van der Waals surface area contributed by atoms with E-state index in [0.717, 1.165) is 10.9 Å². The first-order valence-corrected chi connectivity index (χ1v) is 10.2. The Morgan fingerprint density at radius 2 is 2.15 bits per heavy atom. The lowest BCUT2D eigenvalue weighted by Crippen LogP contribution is -2.41. The minimum Gasteiger partial charge on any atom is -0.309 e. The summed E-state index contributed by atoms with van der Waals surface area (Å²) >= 11 is 10.1. The summed E-state index contributed by atoms with van der Waals surface area (Å²) in [6, 6.07) is 2.74. The number of thioether (sulfide) groups is 1. The number of aryl methyl sites for hydroxylation is 1. The molecule has 112 valence electrons. The van der Waals surface area contributed by atoms with Gasteiger partial charge in [-0.25, -0.2) is 0 Å². The fraction of sp³-hybridized carbons (Fsp3) is 0.750. The van der Waals surface area contributed by atoms with Crippen molar-refractivity contribution in [2.45, 2.75) is 62.2 Å². The Morgan fingerprint density at radius 3 is 2.90 bits per heavy atom. The van der Waals surface area contributed by atoms with Crippen LogP contribution < -0.4 is 5.32 Å². The van der Waals surface area contributed by atoms with Crippen LogP contribution in [0.3, 0.4) is 0 Å². The van der Waals surface area contributed by atoms with Crippen molar-refractivity contribution >= 4 is 34.7 Å². The van der Waals surface area contributed by atoms with Crippen molar-refractivity contribution in [1.29, 1.82) is 0 Å². The molecule has 0 aromatic carbocycles. The van der Waals surface area contributed by atoms with Gasteiger partial charge >= 0.3 is 0 Å². The first kappa shape index (κ1) is 15.2. The third-order valence-electron chi connectivity index (χ3n) is 4.95. The number of thiophene rings is 1. The predicted molar refractivity (Wildman–Crippen MR) is 92.3 cm³/mol. The number of rotatable bonds is 4. The van der Waals surface area contributed by atoms with Crippen LogP contribution >= 0.6 is 34.7 Å². The van der Waals surface area contributed by atoms with Crippen molar-refractivity contribution < 1.29 is 0 Å². The molecule has 0 amide bonds. The maximum absolute atomic E-state index is 6.21. The third kappa shape index (κ3) is 3.21. The Kier molecular flexibility index (Phi) is 5.02. The van der Waals surface area contributed by atoms with Crippen LogP contribution in [0.2, 0.25) is 4.34 Å². The van der Waals surface area contributed by atoms with Gasteiger partial charge in [0, 0.05) is 22.2 Å². The van der Waals surface area contributed by atoms with Gasteiger partial charge in [-0.1, -0.05) is 30.9 Å². The zero-order chi connectivity index (χ0) is 14.0. The van der Waals surface area contributed by atoms with Crippen molar-refractivity contribution in [3.63, 3.8) is 0 Å². The Bertz CT molecular complexity index is 451. The molecule has 2 aliphatic rings. The van der Waals surface area contributed by atoms with E-state index in [1.165, 1.54) is 61.8 Å². The number of hydrogen-bond donors (Lipinski definition) is 1. The van der Waals surface area contributed by atoms with Gasteiger partial charge in [0.25, 0.3) is 0 Å². The van der Waals surface area contributed by atoms with Gasteiger partial charge in [0.15, 0.2) is 0 Å². The fourth-order valence-electron chi connectivity index (χ4n) is 3.69. The number of halogens is 1. The zero-order valence-corrected chi connectivity index (χ0v) is 14.6. The summed E-state index contributed by atoms with van der Waals surface area (Å²) in [6.45, 7) is 1.16. The van der Waals surface area contributed by atoms with Crippen LogP contribution in [0, 0.1) is 0 Å². The molecule has 20 heavy (non-hydrogen) atoms. The molecule has 0 saturated heterocycles. The van der Waals surface area contributed by atoms with Crippen LogP contribution in [0.4, 0.5) is 0 Å². The molecule has 0 spiro atoms. The van der Waals surface area contributed by atoms with E-state index in [-0.39, 0.29) is 0 Å². The molecule has 4 heteroatoms. The van der Waals surface area contributed by atoms with Gasteiger partial charge in [0.2, 0.25) is 0 Å². The van der Waals surface area contributed by atoms with Gasteiger partial charge in [-0.2, -0.15) is 11.8 Å². The number of hydrogen-bond acceptors (Lipinski definition) is 3. The lowest BCUT2D eigenvalue weighted by molar-refractivity contribution is 0.351. The van der Waals surface area contributed by atoms with Crippen LogP contribution in [0.1, 0.15) is 61.4 Å². The van der Waals surface area contributed by atoms with E-state index in [1.54, 1.807) is 11.3 Å². The molecule has 0 radical (unpaired) electrons. The second-order valence-electron chi connectivity index (χ2n) is 6.20. The molecule has 0 bridgehead atoms. The molecule has 1 heterocycles. The highest BCUT2D eigenvalue weighted by atomic mass is 35.5. The highest BCUT2D eigenvalue weighted by Crippen LogP contribution is 2.41. The number of nitrogens with one attached hydrogen (secondary N) is 1. The SMILES string of the molecule is CSC1(CNC2CCCc3sc(Cl)cc32)CCCCC1. The van der Waals surface area contributed by atoms with E-state index in [0.29, 0.717) is 10.8 Å². The van der Waals surface area contributed by atoms with E-state index in [4.69, 9.17) is 11.6 Å². The van der Waals surface area contributed by atoms with Crippen LogP contribution in [0.5, 0.6) is 0 Å². The van der Waals surface area contributed by atoms with Crippen LogP contribution in [0.15, 0.2) is 6.07 Å². The van der Waals surface area contributed by atoms with Gasteiger partial charge in [0.05, 0.1) is 4.34 Å². The smallest absolute Gasteiger partial charge is 0.0934 e. The van der Waals surface area contributed by atoms with Crippen LogP contribution in [-0.2, 0) is 6.42 Å². The van der Waals surface area contributed by atoms with E-state index >= 15 is 0 Å². The lowest BCUT2D eigenvalue weighted by atomic mass is 9.87. The quantitative estimate of drug-likeness (QED) is 0.790. The summed E-state index contributed by atoms with van der Waals surface area (Å²) in [5.41, 5.74) is 1.48. The first-order valence-electron chi connectivity index (χ1n) is 7.79. The second-order valence-corrected chi connectivity index (χ2v) is 9.24. The maximum Gasteiger partial charge on any atom is 0.0934 e. The molecule has 1 unspecified atom stereocenters. The van der Waals surface area contributed by atoms with Gasteiger partial charge < -0.3 is 5.32 Å². The van der Waals surface area contributed by atoms with E-state index < -0.39 is 0 Å². The molecule has 1 saturated carbocycles. The Labute approximate surface area is 135 Å². The average Bonchev–Trinajstić information content (AvgIpc) is 2.87. The van der Waals surface area contributed by atoms with Crippen molar-refractivity contribution in [3.8, 4) is 0 Å². The van der Waals surface area contributed by atoms with Crippen molar-refractivity contribution in [2.24, 2.45) is 0 Å². The standard InChI is InChI=1S/C16H24ClNS2/c1-19-16(8-3-2-4-9-16)11-18-13-6-5-7-14-12(13)10-15(17)20-14/h10,13,18H,2-9,11H2,1H3. The van der Waals surface area contributed by atoms with Gasteiger partial charge in [-0.05, 0) is 50.0 Å². The third-order valence-corrected chi connectivity index (χ3v) is 7.71. The topological polar surface area (TPSA) is 12.0 Å². The maximum atomic E-state index is 6.21. The average molecular weight is 330 g/mol. The highest BCUT2D eigenvalue weighted by molar-refractivity contribution is 8.00. The molecule has 3 rings (SSSR count). The summed E-state index contributed by atoms with van der Waals surface area (Å²) in [6.07, 6.45) is 13.1. The minimum atomic E-state index is 0.482. The molecule has 1 atom stereocenters. The Balaban J connectivity index is 1.66. The minimum absolute atomic E-state index is 0.482. The first-order chi connectivity index (χ1) is 9.72. The summed E-state index contributed by atoms with van der Waals surface area (Å²) in [4.78, 5) is 1.51. The molecule has 1 N–H and O–H groups in total. The zero-order valence-electron chi connectivity index (χ0n) is 12.2. The monoisotopic (exact) mass is 329 g/mol. The molecule has 1 aromatic rings. The molecular weight excluding hydrogens is 306 g/mol. The van der Waals surface area contributed by atoms with Crippen molar-refractivity contribution in [3.05, 3.63) is 20.8 Å². The number of fused-ring (bicyclic) bond motifs is 1. The Morgan fingerprint density at radius 1 is 1.35 bits per heavy atom. The van der Waals surface area contributed by atoms with Gasteiger partial charge in [0.1, 0.15) is 0 Å². The highest BCUT2D eigenvalue weighted by Gasteiger charge is 2.32. The van der Waals surface area contributed by atoms with Crippen molar-refractivity contribution in [1.82, 2.24) is 5.32 Å².